The zero-order valence-electron chi connectivity index (χ0n) is 26.9. The highest BCUT2D eigenvalue weighted by Crippen LogP contribution is 2.46. The van der Waals surface area contributed by atoms with Crippen molar-refractivity contribution in [2.45, 2.75) is 45.7 Å². The standard InChI is InChI=1S/C37H39F2N5O3/c1-4-19-44-35-32(31(25-9-7-6-8-10-25)30(24(3)40-35)36(45)47-5-2)34(41-37(44)46)43-22-20-42(21-23-43)33(26-11-15-28(38)16-12-26)27-13-17-29(39)18-14-27/h6-18,30-31,33H,4-5,19-23H2,1-3H3. The van der Waals surface area contributed by atoms with Crippen LogP contribution in [0.2, 0.25) is 0 Å². The Kier molecular flexibility index (Phi) is 9.58. The molecular formula is C37H39F2N5O3. The van der Waals surface area contributed by atoms with Crippen molar-refractivity contribution in [1.82, 2.24) is 14.5 Å². The van der Waals surface area contributed by atoms with Crippen LogP contribution in [0, 0.1) is 17.6 Å². The van der Waals surface area contributed by atoms with Gasteiger partial charge in [-0.1, -0.05) is 61.5 Å². The number of carbonyl (C=O) groups excluding carboxylic acids is 1. The van der Waals surface area contributed by atoms with Crippen LogP contribution in [0.15, 0.2) is 88.6 Å². The number of esters is 1. The van der Waals surface area contributed by atoms with E-state index in [2.05, 4.69) is 14.8 Å². The van der Waals surface area contributed by atoms with Gasteiger partial charge in [0.15, 0.2) is 0 Å². The fourth-order valence-corrected chi connectivity index (χ4v) is 6.91. The summed E-state index contributed by atoms with van der Waals surface area (Å²) >= 11 is 0. The Labute approximate surface area is 273 Å². The molecule has 2 unspecified atom stereocenters. The largest absolute Gasteiger partial charge is 0.465 e. The van der Waals surface area contributed by atoms with Crippen LogP contribution in [0.5, 0.6) is 0 Å². The molecule has 0 N–H and O–H groups in total. The highest BCUT2D eigenvalue weighted by atomic mass is 19.1. The lowest BCUT2D eigenvalue weighted by atomic mass is 9.76. The van der Waals surface area contributed by atoms with Crippen molar-refractivity contribution < 1.29 is 18.3 Å². The van der Waals surface area contributed by atoms with Crippen molar-refractivity contribution in [3.8, 4) is 0 Å². The molecule has 0 spiro atoms. The minimum absolute atomic E-state index is 0.227. The summed E-state index contributed by atoms with van der Waals surface area (Å²) in [5, 5.41) is 0. The molecule has 8 nitrogen and oxygen atoms in total. The van der Waals surface area contributed by atoms with Gasteiger partial charge in [0.05, 0.1) is 12.6 Å². The first-order chi connectivity index (χ1) is 22.8. The molecule has 2 aliphatic heterocycles. The average Bonchev–Trinajstić information content (AvgIpc) is 3.08. The Balaban J connectivity index is 1.42. The number of hydrogen-bond acceptors (Lipinski definition) is 7. The van der Waals surface area contributed by atoms with Crippen LogP contribution in [0.3, 0.4) is 0 Å². The van der Waals surface area contributed by atoms with Gasteiger partial charge < -0.3 is 9.64 Å². The summed E-state index contributed by atoms with van der Waals surface area (Å²) < 4.78 is 35.0. The number of ether oxygens (including phenoxy) is 1. The summed E-state index contributed by atoms with van der Waals surface area (Å²) in [5.41, 5.74) is 3.67. The number of aliphatic imine (C=N–C) groups is 1. The summed E-state index contributed by atoms with van der Waals surface area (Å²) in [6.07, 6.45) is 0.714. The molecule has 0 radical (unpaired) electrons. The zero-order chi connectivity index (χ0) is 33.1. The van der Waals surface area contributed by atoms with Gasteiger partial charge in [-0.3, -0.25) is 14.3 Å². The molecule has 4 aromatic rings. The van der Waals surface area contributed by atoms with Gasteiger partial charge in [0, 0.05) is 49.9 Å². The quantitative estimate of drug-likeness (QED) is 0.201. The Morgan fingerprint density at radius 3 is 2.04 bits per heavy atom. The van der Waals surface area contributed by atoms with Gasteiger partial charge in [0.1, 0.15) is 29.2 Å². The lowest BCUT2D eigenvalue weighted by Crippen LogP contribution is -2.49. The van der Waals surface area contributed by atoms with Crippen molar-refractivity contribution >= 4 is 23.3 Å². The van der Waals surface area contributed by atoms with Crippen LogP contribution in [-0.4, -0.2) is 58.9 Å². The first kappa shape index (κ1) is 32.2. The SMILES string of the molecule is CCCn1c2c(c(N3CCN(C(c4ccc(F)cc4)c4ccc(F)cc4)CC3)nc1=O)C(c1ccccc1)C(C(=O)OCC)C(C)=N2. The molecule has 2 aliphatic rings. The third-order valence-corrected chi connectivity index (χ3v) is 9.04. The molecule has 1 fully saturated rings. The summed E-state index contributed by atoms with van der Waals surface area (Å²) in [6, 6.07) is 22.4. The molecule has 6 rings (SSSR count). The maximum atomic E-state index is 13.9. The number of halogens is 2. The van der Waals surface area contributed by atoms with E-state index in [0.29, 0.717) is 56.5 Å². The normalized spacial score (nSPS) is 18.2. The molecule has 3 heterocycles. The van der Waals surface area contributed by atoms with Crippen molar-refractivity contribution in [3.05, 3.63) is 123 Å². The van der Waals surface area contributed by atoms with Crippen LogP contribution < -0.4 is 10.6 Å². The molecule has 0 bridgehead atoms. The molecular weight excluding hydrogens is 600 g/mol. The Bertz CT molecular complexity index is 1760. The average molecular weight is 640 g/mol. The molecule has 0 amide bonds. The van der Waals surface area contributed by atoms with Crippen molar-refractivity contribution in [2.75, 3.05) is 37.7 Å². The van der Waals surface area contributed by atoms with Gasteiger partial charge in [-0.05, 0) is 61.2 Å². The fourth-order valence-electron chi connectivity index (χ4n) is 6.91. The van der Waals surface area contributed by atoms with Crippen LogP contribution in [0.4, 0.5) is 20.4 Å². The number of rotatable bonds is 9. The number of aromatic nitrogens is 2. The first-order valence-electron chi connectivity index (χ1n) is 16.2. The maximum Gasteiger partial charge on any atom is 0.351 e. The molecule has 0 saturated carbocycles. The van der Waals surface area contributed by atoms with Crippen LogP contribution in [0.1, 0.15) is 61.4 Å². The predicted octanol–water partition coefficient (Wildman–Crippen LogP) is 6.26. The van der Waals surface area contributed by atoms with Crippen LogP contribution >= 0.6 is 0 Å². The molecule has 10 heteroatoms. The van der Waals surface area contributed by atoms with E-state index in [1.54, 1.807) is 35.8 Å². The van der Waals surface area contributed by atoms with E-state index < -0.39 is 11.8 Å². The second-order valence-corrected chi connectivity index (χ2v) is 12.0. The minimum Gasteiger partial charge on any atom is -0.465 e. The molecule has 3 aromatic carbocycles. The van der Waals surface area contributed by atoms with E-state index in [-0.39, 0.29) is 35.9 Å². The molecule has 244 valence electrons. The van der Waals surface area contributed by atoms with E-state index in [1.807, 2.05) is 44.2 Å². The molecule has 47 heavy (non-hydrogen) atoms. The van der Waals surface area contributed by atoms with E-state index in [9.17, 15) is 18.4 Å². The number of hydrogen-bond donors (Lipinski definition) is 0. The molecule has 1 saturated heterocycles. The van der Waals surface area contributed by atoms with Gasteiger partial charge in [0.2, 0.25) is 0 Å². The lowest BCUT2D eigenvalue weighted by Gasteiger charge is -2.42. The van der Waals surface area contributed by atoms with Gasteiger partial charge in [-0.2, -0.15) is 4.98 Å². The summed E-state index contributed by atoms with van der Waals surface area (Å²) in [6.45, 7) is 8.54. The second kappa shape index (κ2) is 14.0. The fraction of sp³-hybridized carbons (Fsp3) is 0.351. The minimum atomic E-state index is -0.680. The number of anilines is 1. The number of benzene rings is 3. The monoisotopic (exact) mass is 639 g/mol. The van der Waals surface area contributed by atoms with Crippen LogP contribution in [0.25, 0.3) is 0 Å². The molecule has 2 atom stereocenters. The first-order valence-corrected chi connectivity index (χ1v) is 16.2. The van der Waals surface area contributed by atoms with E-state index in [0.717, 1.165) is 22.3 Å². The zero-order valence-corrected chi connectivity index (χ0v) is 26.9. The molecule has 0 aliphatic carbocycles. The topological polar surface area (TPSA) is 80.0 Å². The van der Waals surface area contributed by atoms with Crippen molar-refractivity contribution in [2.24, 2.45) is 10.9 Å². The Morgan fingerprint density at radius 1 is 0.894 bits per heavy atom. The maximum absolute atomic E-state index is 13.9. The molecule has 1 aromatic heterocycles. The summed E-state index contributed by atoms with van der Waals surface area (Å²) in [4.78, 5) is 41.1. The Hall–Kier alpha value is -4.70. The third-order valence-electron chi connectivity index (χ3n) is 9.04. The van der Waals surface area contributed by atoms with Gasteiger partial charge in [-0.15, -0.1) is 0 Å². The van der Waals surface area contributed by atoms with E-state index >= 15 is 0 Å². The lowest BCUT2D eigenvalue weighted by molar-refractivity contribution is -0.146. The van der Waals surface area contributed by atoms with Gasteiger partial charge in [0.25, 0.3) is 0 Å². The highest BCUT2D eigenvalue weighted by molar-refractivity contribution is 6.05. The number of carbonyl (C=O) groups is 1. The van der Waals surface area contributed by atoms with E-state index in [1.165, 1.54) is 24.3 Å². The van der Waals surface area contributed by atoms with Gasteiger partial charge >= 0.3 is 11.7 Å². The van der Waals surface area contributed by atoms with Crippen molar-refractivity contribution in [1.29, 1.82) is 0 Å². The number of fused-ring (bicyclic) bond motifs is 1. The number of nitrogens with zero attached hydrogens (tertiary/aromatic N) is 5. The Morgan fingerprint density at radius 2 is 1.49 bits per heavy atom. The second-order valence-electron chi connectivity index (χ2n) is 12.0. The summed E-state index contributed by atoms with van der Waals surface area (Å²) in [5.74, 6) is -1.09. The van der Waals surface area contributed by atoms with Gasteiger partial charge in [-0.25, -0.2) is 18.6 Å². The smallest absolute Gasteiger partial charge is 0.351 e. The summed E-state index contributed by atoms with van der Waals surface area (Å²) in [7, 11) is 0. The van der Waals surface area contributed by atoms with Crippen molar-refractivity contribution in [3.63, 3.8) is 0 Å². The third kappa shape index (κ3) is 6.47. The number of piperazine rings is 1. The highest BCUT2D eigenvalue weighted by Gasteiger charge is 2.43. The van der Waals surface area contributed by atoms with Crippen LogP contribution in [-0.2, 0) is 16.1 Å². The van der Waals surface area contributed by atoms with E-state index in [4.69, 9.17) is 9.73 Å². The predicted molar refractivity (Wildman–Crippen MR) is 178 cm³/mol.